The summed E-state index contributed by atoms with van der Waals surface area (Å²) >= 11 is 0. The zero-order valence-corrected chi connectivity index (χ0v) is 14.8. The molecule has 3 unspecified atom stereocenters. The third kappa shape index (κ3) is 4.37. The Hall–Kier alpha value is -2.78. The molecular formula is C20H20O8. The molecule has 8 heteroatoms. The van der Waals surface area contributed by atoms with Crippen LogP contribution >= 0.6 is 0 Å². The van der Waals surface area contributed by atoms with Crippen LogP contribution in [0.2, 0.25) is 0 Å². The first-order valence-electron chi connectivity index (χ1n) is 8.65. The number of aliphatic hydroxyl groups is 3. The van der Waals surface area contributed by atoms with Gasteiger partial charge in [-0.15, -0.1) is 0 Å². The number of carbonyl (C=O) groups excluding carboxylic acids is 2. The Labute approximate surface area is 160 Å². The van der Waals surface area contributed by atoms with Crippen molar-refractivity contribution >= 4 is 11.9 Å². The lowest BCUT2D eigenvalue weighted by molar-refractivity contribution is -0.285. The lowest BCUT2D eigenvalue weighted by atomic mass is 9.98. The van der Waals surface area contributed by atoms with Crippen molar-refractivity contribution in [3.8, 4) is 0 Å². The predicted octanol–water partition coefficient (Wildman–Crippen LogP) is 0.508. The molecule has 8 nitrogen and oxygen atoms in total. The largest absolute Gasteiger partial charge is 0.452 e. The van der Waals surface area contributed by atoms with Gasteiger partial charge in [0, 0.05) is 0 Å². The molecule has 0 radical (unpaired) electrons. The van der Waals surface area contributed by atoms with Crippen molar-refractivity contribution in [2.75, 3.05) is 6.61 Å². The lowest BCUT2D eigenvalue weighted by Crippen LogP contribution is -2.61. The summed E-state index contributed by atoms with van der Waals surface area (Å²) in [6.07, 6.45) is -7.37. The minimum atomic E-state index is -1.71. The van der Waals surface area contributed by atoms with Gasteiger partial charge in [-0.2, -0.15) is 0 Å². The van der Waals surface area contributed by atoms with Gasteiger partial charge in [0.2, 0.25) is 0 Å². The maximum Gasteiger partial charge on any atom is 0.338 e. The third-order valence-electron chi connectivity index (χ3n) is 4.32. The summed E-state index contributed by atoms with van der Waals surface area (Å²) in [4.78, 5) is 24.8. The molecule has 1 fully saturated rings. The second-order valence-corrected chi connectivity index (χ2v) is 6.21. The molecular weight excluding hydrogens is 368 g/mol. The van der Waals surface area contributed by atoms with Crippen LogP contribution < -0.4 is 0 Å². The summed E-state index contributed by atoms with van der Waals surface area (Å²) in [5, 5.41) is 30.0. The molecule has 148 valence electrons. The minimum absolute atomic E-state index is 0.210. The molecule has 3 N–H and O–H groups in total. The summed E-state index contributed by atoms with van der Waals surface area (Å²) in [5.41, 5.74) is 0.422. The van der Waals surface area contributed by atoms with Crippen LogP contribution in [0.5, 0.6) is 0 Å². The highest BCUT2D eigenvalue weighted by molar-refractivity contribution is 5.90. The van der Waals surface area contributed by atoms with E-state index in [1.54, 1.807) is 36.4 Å². The topological polar surface area (TPSA) is 123 Å². The van der Waals surface area contributed by atoms with Gasteiger partial charge >= 0.3 is 11.9 Å². The van der Waals surface area contributed by atoms with Gasteiger partial charge < -0.3 is 29.5 Å². The highest BCUT2D eigenvalue weighted by Crippen LogP contribution is 2.26. The molecule has 0 spiro atoms. The van der Waals surface area contributed by atoms with Crippen molar-refractivity contribution < 1.29 is 39.1 Å². The number of ether oxygens (including phenoxy) is 3. The standard InChI is InChI=1S/C20H20O8/c21-11-14-15(22)16(27-18(23)12-7-3-1-4-8-12)17(20(25)26-14)28-19(24)13-9-5-2-6-10-13/h1-10,14-17,20-22,25H,11H2/t14?,15-,16?,17?,20-/m0/s1. The quantitative estimate of drug-likeness (QED) is 0.633. The van der Waals surface area contributed by atoms with Crippen LogP contribution in [-0.2, 0) is 14.2 Å². The summed E-state index contributed by atoms with van der Waals surface area (Å²) in [6.45, 7) is -0.628. The zero-order chi connectivity index (χ0) is 20.1. The van der Waals surface area contributed by atoms with E-state index >= 15 is 0 Å². The second kappa shape index (κ2) is 8.94. The first kappa shape index (κ1) is 20.0. The van der Waals surface area contributed by atoms with Gasteiger partial charge in [0.15, 0.2) is 18.5 Å². The van der Waals surface area contributed by atoms with Gasteiger partial charge in [0.05, 0.1) is 17.7 Å². The molecule has 3 rings (SSSR count). The zero-order valence-electron chi connectivity index (χ0n) is 14.8. The van der Waals surface area contributed by atoms with Gasteiger partial charge in [0.1, 0.15) is 12.2 Å². The fourth-order valence-electron chi connectivity index (χ4n) is 2.85. The summed E-state index contributed by atoms with van der Waals surface area (Å²) in [6, 6.07) is 16.0. The van der Waals surface area contributed by atoms with Crippen molar-refractivity contribution in [1.82, 2.24) is 0 Å². The van der Waals surface area contributed by atoms with E-state index in [1.165, 1.54) is 24.3 Å². The SMILES string of the molecule is O=C(OC1C(OC(=O)c2ccccc2)[C@@H](O)OC(CO)[C@@H]1O)c1ccccc1. The number of esters is 2. The van der Waals surface area contributed by atoms with E-state index in [0.717, 1.165) is 0 Å². The minimum Gasteiger partial charge on any atom is -0.452 e. The molecule has 28 heavy (non-hydrogen) atoms. The highest BCUT2D eigenvalue weighted by atomic mass is 16.7. The van der Waals surface area contributed by atoms with Crippen molar-refractivity contribution in [1.29, 1.82) is 0 Å². The smallest absolute Gasteiger partial charge is 0.338 e. The van der Waals surface area contributed by atoms with Crippen molar-refractivity contribution in [2.24, 2.45) is 0 Å². The lowest BCUT2D eigenvalue weighted by Gasteiger charge is -2.41. The van der Waals surface area contributed by atoms with E-state index in [2.05, 4.69) is 0 Å². The van der Waals surface area contributed by atoms with Gasteiger partial charge in [-0.05, 0) is 24.3 Å². The van der Waals surface area contributed by atoms with Crippen molar-refractivity contribution in [3.63, 3.8) is 0 Å². The van der Waals surface area contributed by atoms with Crippen LogP contribution in [0.25, 0.3) is 0 Å². The number of carbonyl (C=O) groups is 2. The number of hydrogen-bond donors (Lipinski definition) is 3. The first-order valence-corrected chi connectivity index (χ1v) is 8.65. The number of benzene rings is 2. The average Bonchev–Trinajstić information content (AvgIpc) is 2.73. The van der Waals surface area contributed by atoms with Crippen LogP contribution in [0, 0.1) is 0 Å². The molecule has 0 aliphatic carbocycles. The molecule has 0 bridgehead atoms. The van der Waals surface area contributed by atoms with Crippen LogP contribution in [0.3, 0.4) is 0 Å². The fourth-order valence-corrected chi connectivity index (χ4v) is 2.85. The molecule has 1 heterocycles. The Bertz CT molecular complexity index is 794. The number of rotatable bonds is 5. The Morgan fingerprint density at radius 3 is 1.75 bits per heavy atom. The molecule has 2 aromatic rings. The summed E-state index contributed by atoms with van der Waals surface area (Å²) in [5.74, 6) is -1.57. The summed E-state index contributed by atoms with van der Waals surface area (Å²) in [7, 11) is 0. The van der Waals surface area contributed by atoms with E-state index in [9.17, 15) is 24.9 Å². The van der Waals surface area contributed by atoms with Gasteiger partial charge in [-0.1, -0.05) is 36.4 Å². The van der Waals surface area contributed by atoms with E-state index in [0.29, 0.717) is 0 Å². The Kier molecular flexibility index (Phi) is 6.37. The molecule has 1 aliphatic rings. The van der Waals surface area contributed by atoms with Crippen LogP contribution in [0.15, 0.2) is 60.7 Å². The third-order valence-corrected chi connectivity index (χ3v) is 4.32. The molecule has 1 aliphatic heterocycles. The predicted molar refractivity (Wildman–Crippen MR) is 95.3 cm³/mol. The van der Waals surface area contributed by atoms with Crippen LogP contribution in [0.1, 0.15) is 20.7 Å². The molecule has 5 atom stereocenters. The fraction of sp³-hybridized carbons (Fsp3) is 0.300. The monoisotopic (exact) mass is 388 g/mol. The Morgan fingerprint density at radius 2 is 1.29 bits per heavy atom. The van der Waals surface area contributed by atoms with E-state index in [1.807, 2.05) is 0 Å². The molecule has 0 saturated carbocycles. The average molecular weight is 388 g/mol. The van der Waals surface area contributed by atoms with Gasteiger partial charge in [-0.3, -0.25) is 0 Å². The molecule has 0 amide bonds. The van der Waals surface area contributed by atoms with E-state index < -0.39 is 49.3 Å². The van der Waals surface area contributed by atoms with E-state index in [4.69, 9.17) is 14.2 Å². The molecule has 1 saturated heterocycles. The maximum atomic E-state index is 12.4. The van der Waals surface area contributed by atoms with Gasteiger partial charge in [0.25, 0.3) is 0 Å². The van der Waals surface area contributed by atoms with Gasteiger partial charge in [-0.25, -0.2) is 9.59 Å². The summed E-state index contributed by atoms with van der Waals surface area (Å²) < 4.78 is 15.7. The maximum absolute atomic E-state index is 12.4. The van der Waals surface area contributed by atoms with Crippen LogP contribution in [0.4, 0.5) is 0 Å². The van der Waals surface area contributed by atoms with Crippen molar-refractivity contribution in [3.05, 3.63) is 71.8 Å². The first-order chi connectivity index (χ1) is 13.5. The van der Waals surface area contributed by atoms with Crippen LogP contribution in [-0.4, -0.2) is 64.6 Å². The second-order valence-electron chi connectivity index (χ2n) is 6.21. The van der Waals surface area contributed by atoms with E-state index in [-0.39, 0.29) is 11.1 Å². The highest BCUT2D eigenvalue weighted by Gasteiger charge is 2.49. The molecule has 2 aromatic carbocycles. The van der Waals surface area contributed by atoms with Crippen molar-refractivity contribution in [2.45, 2.75) is 30.7 Å². The number of hydrogen-bond acceptors (Lipinski definition) is 8. The Morgan fingerprint density at radius 1 is 0.821 bits per heavy atom. The molecule has 0 aromatic heterocycles. The normalized spacial score (nSPS) is 27.0. The Balaban J connectivity index is 1.82. The number of aliphatic hydroxyl groups excluding tert-OH is 3.